The van der Waals surface area contributed by atoms with Gasteiger partial charge in [-0.05, 0) is 36.5 Å². The second-order valence-corrected chi connectivity index (χ2v) is 5.13. The first kappa shape index (κ1) is 12.9. The summed E-state index contributed by atoms with van der Waals surface area (Å²) in [5, 5.41) is 6.43. The Kier molecular flexibility index (Phi) is 4.24. The summed E-state index contributed by atoms with van der Waals surface area (Å²) in [5.74, 6) is 0.575. The van der Waals surface area contributed by atoms with Gasteiger partial charge in [-0.25, -0.2) is 0 Å². The molecule has 0 radical (unpaired) electrons. The Morgan fingerprint density at radius 1 is 1.50 bits per heavy atom. The number of rotatable bonds is 4. The minimum absolute atomic E-state index is 0.128. The molecule has 0 saturated carbocycles. The Morgan fingerprint density at radius 3 is 3.11 bits per heavy atom. The fourth-order valence-electron chi connectivity index (χ4n) is 2.29. The van der Waals surface area contributed by atoms with E-state index in [1.807, 2.05) is 12.1 Å². The zero-order valence-corrected chi connectivity index (χ0v) is 11.3. The summed E-state index contributed by atoms with van der Waals surface area (Å²) in [5.41, 5.74) is 3.40. The highest BCUT2D eigenvalue weighted by molar-refractivity contribution is 5.92. The molecule has 1 unspecified atom stereocenters. The molecule has 1 aromatic rings. The predicted octanol–water partition coefficient (Wildman–Crippen LogP) is 3.42. The fourth-order valence-corrected chi connectivity index (χ4v) is 2.29. The second-order valence-electron chi connectivity index (χ2n) is 5.13. The summed E-state index contributed by atoms with van der Waals surface area (Å²) in [6.07, 6.45) is 3.82. The monoisotopic (exact) mass is 246 g/mol. The Labute approximate surface area is 109 Å². The van der Waals surface area contributed by atoms with E-state index in [0.29, 0.717) is 12.3 Å². The van der Waals surface area contributed by atoms with Crippen molar-refractivity contribution in [2.45, 2.75) is 39.5 Å². The van der Waals surface area contributed by atoms with Crippen molar-refractivity contribution in [1.29, 1.82) is 0 Å². The van der Waals surface area contributed by atoms with Gasteiger partial charge in [-0.1, -0.05) is 26.3 Å². The van der Waals surface area contributed by atoms with E-state index in [2.05, 4.69) is 30.5 Å². The minimum Gasteiger partial charge on any atom is -0.385 e. The van der Waals surface area contributed by atoms with Gasteiger partial charge >= 0.3 is 0 Å². The molecule has 0 aromatic heterocycles. The van der Waals surface area contributed by atoms with E-state index < -0.39 is 0 Å². The Morgan fingerprint density at radius 2 is 2.33 bits per heavy atom. The number of fused-ring (bicyclic) bond motifs is 1. The van der Waals surface area contributed by atoms with Gasteiger partial charge < -0.3 is 10.6 Å². The molecule has 0 bridgehead atoms. The van der Waals surface area contributed by atoms with Crippen LogP contribution in [0.3, 0.4) is 0 Å². The summed E-state index contributed by atoms with van der Waals surface area (Å²) >= 11 is 0. The Hall–Kier alpha value is -1.51. The maximum Gasteiger partial charge on any atom is 0.224 e. The molecule has 2 rings (SSSR count). The average Bonchev–Trinajstić information content (AvgIpc) is 2.39. The van der Waals surface area contributed by atoms with E-state index in [-0.39, 0.29) is 5.91 Å². The number of nitrogens with one attached hydrogen (secondary N) is 2. The maximum atomic E-state index is 11.9. The lowest BCUT2D eigenvalue weighted by molar-refractivity contribution is -0.117. The van der Waals surface area contributed by atoms with Crippen molar-refractivity contribution in [3.05, 3.63) is 23.8 Å². The molecular weight excluding hydrogens is 224 g/mol. The SMILES string of the molecule is CCC(C)CC(=O)Nc1cccc2c1CCCN2. The molecule has 0 aliphatic carbocycles. The van der Waals surface area contributed by atoms with Gasteiger partial charge in [0.2, 0.25) is 5.91 Å². The van der Waals surface area contributed by atoms with E-state index in [1.165, 1.54) is 11.3 Å². The number of amides is 1. The van der Waals surface area contributed by atoms with Gasteiger partial charge in [-0.15, -0.1) is 0 Å². The number of hydrogen-bond donors (Lipinski definition) is 2. The number of benzene rings is 1. The first-order chi connectivity index (χ1) is 8.70. The zero-order valence-electron chi connectivity index (χ0n) is 11.3. The lowest BCUT2D eigenvalue weighted by Crippen LogP contribution is -2.18. The quantitative estimate of drug-likeness (QED) is 0.854. The van der Waals surface area contributed by atoms with Crippen molar-refractivity contribution in [3.8, 4) is 0 Å². The van der Waals surface area contributed by atoms with Crippen molar-refractivity contribution >= 4 is 17.3 Å². The van der Waals surface area contributed by atoms with Gasteiger partial charge in [0.15, 0.2) is 0 Å². The van der Waals surface area contributed by atoms with Crippen molar-refractivity contribution in [3.63, 3.8) is 0 Å². The van der Waals surface area contributed by atoms with Gasteiger partial charge in [0.05, 0.1) is 0 Å². The van der Waals surface area contributed by atoms with Gasteiger partial charge in [-0.2, -0.15) is 0 Å². The molecule has 3 nitrogen and oxygen atoms in total. The Bertz CT molecular complexity index is 429. The summed E-state index contributed by atoms with van der Waals surface area (Å²) in [6.45, 7) is 5.26. The molecule has 0 spiro atoms. The molecule has 2 N–H and O–H groups in total. The van der Waals surface area contributed by atoms with Gasteiger partial charge in [-0.3, -0.25) is 4.79 Å². The summed E-state index contributed by atoms with van der Waals surface area (Å²) in [4.78, 5) is 11.9. The second kappa shape index (κ2) is 5.89. The highest BCUT2D eigenvalue weighted by Crippen LogP contribution is 2.29. The van der Waals surface area contributed by atoms with Crippen molar-refractivity contribution in [2.24, 2.45) is 5.92 Å². The third kappa shape index (κ3) is 3.03. The number of carbonyl (C=O) groups is 1. The fraction of sp³-hybridized carbons (Fsp3) is 0.533. The van der Waals surface area contributed by atoms with Crippen LogP contribution in [0.1, 0.15) is 38.7 Å². The van der Waals surface area contributed by atoms with E-state index in [0.717, 1.165) is 31.5 Å². The predicted molar refractivity (Wildman–Crippen MR) is 76.0 cm³/mol. The highest BCUT2D eigenvalue weighted by atomic mass is 16.1. The topological polar surface area (TPSA) is 41.1 Å². The van der Waals surface area contributed by atoms with Crippen LogP contribution in [0.15, 0.2) is 18.2 Å². The third-order valence-corrected chi connectivity index (χ3v) is 3.60. The maximum absolute atomic E-state index is 11.9. The minimum atomic E-state index is 0.128. The van der Waals surface area contributed by atoms with Crippen LogP contribution in [0.25, 0.3) is 0 Å². The summed E-state index contributed by atoms with van der Waals surface area (Å²) in [7, 11) is 0. The molecule has 98 valence electrons. The lowest BCUT2D eigenvalue weighted by Gasteiger charge is -2.21. The molecule has 0 fully saturated rings. The van der Waals surface area contributed by atoms with Crippen LogP contribution in [0.2, 0.25) is 0 Å². The zero-order chi connectivity index (χ0) is 13.0. The van der Waals surface area contributed by atoms with Crippen LogP contribution in [0.4, 0.5) is 11.4 Å². The number of carbonyl (C=O) groups excluding carboxylic acids is 1. The van der Waals surface area contributed by atoms with Gasteiger partial charge in [0, 0.05) is 24.3 Å². The molecule has 0 saturated heterocycles. The Balaban J connectivity index is 2.07. The first-order valence-electron chi connectivity index (χ1n) is 6.86. The molecule has 1 atom stereocenters. The van der Waals surface area contributed by atoms with Crippen molar-refractivity contribution in [1.82, 2.24) is 0 Å². The summed E-state index contributed by atoms with van der Waals surface area (Å²) in [6, 6.07) is 6.08. The molecule has 1 aromatic carbocycles. The smallest absolute Gasteiger partial charge is 0.224 e. The van der Waals surface area contributed by atoms with E-state index in [1.54, 1.807) is 0 Å². The van der Waals surface area contributed by atoms with Crippen molar-refractivity contribution in [2.75, 3.05) is 17.2 Å². The van der Waals surface area contributed by atoms with Crippen LogP contribution in [-0.2, 0) is 11.2 Å². The standard InChI is InChI=1S/C15H22N2O/c1-3-11(2)10-15(18)17-14-8-4-7-13-12(14)6-5-9-16-13/h4,7-8,11,16H,3,5-6,9-10H2,1-2H3,(H,17,18). The van der Waals surface area contributed by atoms with Crippen molar-refractivity contribution < 1.29 is 4.79 Å². The molecule has 1 heterocycles. The van der Waals surface area contributed by atoms with Crippen LogP contribution in [0.5, 0.6) is 0 Å². The van der Waals surface area contributed by atoms with E-state index in [4.69, 9.17) is 0 Å². The highest BCUT2D eigenvalue weighted by Gasteiger charge is 2.14. The van der Waals surface area contributed by atoms with Gasteiger partial charge in [0.1, 0.15) is 0 Å². The third-order valence-electron chi connectivity index (χ3n) is 3.60. The van der Waals surface area contributed by atoms with Crippen LogP contribution < -0.4 is 10.6 Å². The average molecular weight is 246 g/mol. The first-order valence-corrected chi connectivity index (χ1v) is 6.86. The molecule has 3 heteroatoms. The molecule has 1 amide bonds. The van der Waals surface area contributed by atoms with Crippen LogP contribution in [0, 0.1) is 5.92 Å². The molecule has 1 aliphatic heterocycles. The summed E-state index contributed by atoms with van der Waals surface area (Å²) < 4.78 is 0. The molecular formula is C15H22N2O. The largest absolute Gasteiger partial charge is 0.385 e. The molecule has 18 heavy (non-hydrogen) atoms. The molecule has 1 aliphatic rings. The van der Waals surface area contributed by atoms with Crippen LogP contribution >= 0.6 is 0 Å². The van der Waals surface area contributed by atoms with Gasteiger partial charge in [0.25, 0.3) is 0 Å². The lowest BCUT2D eigenvalue weighted by atomic mass is 10.0. The number of hydrogen-bond acceptors (Lipinski definition) is 2. The normalized spacial score (nSPS) is 15.4. The van der Waals surface area contributed by atoms with Crippen LogP contribution in [-0.4, -0.2) is 12.5 Å². The number of anilines is 2. The van der Waals surface area contributed by atoms with E-state index in [9.17, 15) is 4.79 Å². The van der Waals surface area contributed by atoms with E-state index >= 15 is 0 Å².